The van der Waals surface area contributed by atoms with Crippen molar-refractivity contribution in [2.45, 2.75) is 65.3 Å². The van der Waals surface area contributed by atoms with Crippen LogP contribution in [0.3, 0.4) is 0 Å². The molecule has 4 rings (SSSR count). The monoisotopic (exact) mass is 376 g/mol. The van der Waals surface area contributed by atoms with Gasteiger partial charge in [0.15, 0.2) is 5.65 Å². The van der Waals surface area contributed by atoms with E-state index in [0.29, 0.717) is 18.9 Å². The van der Waals surface area contributed by atoms with Crippen LogP contribution >= 0.6 is 0 Å². The molecule has 1 fully saturated rings. The fourth-order valence-corrected chi connectivity index (χ4v) is 4.38. The third kappa shape index (κ3) is 3.53. The van der Waals surface area contributed by atoms with E-state index in [-0.39, 0.29) is 5.91 Å². The lowest BCUT2D eigenvalue weighted by molar-refractivity contribution is -0.121. The zero-order valence-electron chi connectivity index (χ0n) is 17.0. The summed E-state index contributed by atoms with van der Waals surface area (Å²) in [6.45, 7) is 6.14. The molecule has 0 spiro atoms. The number of carbonyl (C=O) groups is 1. The van der Waals surface area contributed by atoms with E-state index >= 15 is 0 Å². The van der Waals surface area contributed by atoms with Crippen molar-refractivity contribution >= 4 is 11.6 Å². The number of amides is 1. The summed E-state index contributed by atoms with van der Waals surface area (Å²) in [5.41, 5.74) is 7.24. The van der Waals surface area contributed by atoms with Crippen LogP contribution < -0.4 is 5.32 Å². The first-order valence-electron chi connectivity index (χ1n) is 10.2. The van der Waals surface area contributed by atoms with E-state index < -0.39 is 0 Å². The molecular weight excluding hydrogens is 348 g/mol. The van der Waals surface area contributed by atoms with E-state index in [9.17, 15) is 4.79 Å². The van der Waals surface area contributed by atoms with Gasteiger partial charge in [-0.1, -0.05) is 43.2 Å². The van der Waals surface area contributed by atoms with Gasteiger partial charge in [0.05, 0.1) is 5.69 Å². The number of benzene rings is 1. The van der Waals surface area contributed by atoms with E-state index in [1.54, 1.807) is 0 Å². The van der Waals surface area contributed by atoms with Crippen molar-refractivity contribution in [2.75, 3.05) is 0 Å². The molecule has 5 nitrogen and oxygen atoms in total. The third-order valence-electron chi connectivity index (χ3n) is 5.89. The van der Waals surface area contributed by atoms with Crippen LogP contribution in [-0.2, 0) is 11.2 Å². The van der Waals surface area contributed by atoms with Crippen molar-refractivity contribution in [2.24, 2.45) is 0 Å². The van der Waals surface area contributed by atoms with Crippen LogP contribution in [0.4, 0.5) is 0 Å². The number of hydrogen-bond acceptors (Lipinski definition) is 3. The molecule has 0 bridgehead atoms. The summed E-state index contributed by atoms with van der Waals surface area (Å²) in [5.74, 6) is 0.146. The summed E-state index contributed by atoms with van der Waals surface area (Å²) in [6.07, 6.45) is 5.88. The minimum absolute atomic E-state index is 0.146. The number of aryl methyl sites for hydroxylation is 3. The van der Waals surface area contributed by atoms with Gasteiger partial charge in [-0.2, -0.15) is 5.10 Å². The van der Waals surface area contributed by atoms with E-state index in [2.05, 4.69) is 24.4 Å². The molecule has 0 saturated heterocycles. The van der Waals surface area contributed by atoms with Crippen LogP contribution in [0, 0.1) is 20.8 Å². The Kier molecular flexibility index (Phi) is 5.16. The quantitative estimate of drug-likeness (QED) is 0.722. The molecule has 1 aliphatic rings. The highest BCUT2D eigenvalue weighted by molar-refractivity contribution is 5.80. The second-order valence-corrected chi connectivity index (χ2v) is 7.87. The Balaban J connectivity index is 1.61. The maximum atomic E-state index is 12.3. The Hall–Kier alpha value is -2.69. The van der Waals surface area contributed by atoms with E-state index in [1.165, 1.54) is 12.8 Å². The van der Waals surface area contributed by atoms with Crippen LogP contribution in [0.25, 0.3) is 16.8 Å². The van der Waals surface area contributed by atoms with Crippen LogP contribution in [0.1, 0.15) is 54.7 Å². The molecule has 28 heavy (non-hydrogen) atoms. The summed E-state index contributed by atoms with van der Waals surface area (Å²) in [4.78, 5) is 17.2. The molecule has 3 aromatic rings. The largest absolute Gasteiger partial charge is 0.353 e. The number of hydrogen-bond donors (Lipinski definition) is 1. The van der Waals surface area contributed by atoms with Crippen molar-refractivity contribution in [1.29, 1.82) is 0 Å². The summed E-state index contributed by atoms with van der Waals surface area (Å²) in [7, 11) is 0. The number of nitrogens with zero attached hydrogens (tertiary/aromatic N) is 3. The standard InChI is InChI=1S/C23H28N4O/c1-15-20(13-14-21(28)25-19-11-7-8-12-19)17(3)27-23(24-15)22(16(2)26-27)18-9-5-4-6-10-18/h4-6,9-10,19H,7-8,11-14H2,1-3H3,(H,25,28). The van der Waals surface area contributed by atoms with Gasteiger partial charge in [0.2, 0.25) is 5.91 Å². The predicted octanol–water partition coefficient (Wildman–Crippen LogP) is 4.31. The van der Waals surface area contributed by atoms with Gasteiger partial charge >= 0.3 is 0 Å². The Labute approximate surface area is 166 Å². The van der Waals surface area contributed by atoms with Crippen LogP contribution in [-0.4, -0.2) is 26.5 Å². The molecule has 2 heterocycles. The topological polar surface area (TPSA) is 59.3 Å². The highest BCUT2D eigenvalue weighted by Crippen LogP contribution is 2.29. The lowest BCUT2D eigenvalue weighted by atomic mass is 10.0. The minimum Gasteiger partial charge on any atom is -0.353 e. The predicted molar refractivity (Wildman–Crippen MR) is 111 cm³/mol. The molecule has 2 aromatic heterocycles. The highest BCUT2D eigenvalue weighted by atomic mass is 16.1. The van der Waals surface area contributed by atoms with Gasteiger partial charge < -0.3 is 5.32 Å². The lowest BCUT2D eigenvalue weighted by Gasteiger charge is -2.14. The second-order valence-electron chi connectivity index (χ2n) is 7.87. The molecule has 1 amide bonds. The number of nitrogens with one attached hydrogen (secondary N) is 1. The highest BCUT2D eigenvalue weighted by Gasteiger charge is 2.20. The minimum atomic E-state index is 0.146. The van der Waals surface area contributed by atoms with E-state index in [1.807, 2.05) is 36.6 Å². The molecule has 0 aliphatic heterocycles. The van der Waals surface area contributed by atoms with Crippen molar-refractivity contribution in [3.05, 3.63) is 53.0 Å². The summed E-state index contributed by atoms with van der Waals surface area (Å²) < 4.78 is 1.94. The zero-order valence-corrected chi connectivity index (χ0v) is 17.0. The van der Waals surface area contributed by atoms with Gasteiger partial charge in [-0.3, -0.25) is 4.79 Å². The first kappa shape index (κ1) is 18.7. The van der Waals surface area contributed by atoms with Gasteiger partial charge in [0.25, 0.3) is 0 Å². The Bertz CT molecular complexity index is 1000. The SMILES string of the molecule is Cc1nc2c(-c3ccccc3)c(C)nn2c(C)c1CCC(=O)NC1CCCC1. The van der Waals surface area contributed by atoms with Crippen molar-refractivity contribution < 1.29 is 4.79 Å². The van der Waals surface area contributed by atoms with Crippen LogP contribution in [0.15, 0.2) is 30.3 Å². The van der Waals surface area contributed by atoms with Gasteiger partial charge in [-0.25, -0.2) is 9.50 Å². The maximum Gasteiger partial charge on any atom is 0.220 e. The van der Waals surface area contributed by atoms with Gasteiger partial charge in [0, 0.05) is 29.4 Å². The smallest absolute Gasteiger partial charge is 0.220 e. The van der Waals surface area contributed by atoms with Gasteiger partial charge in [-0.05, 0) is 51.2 Å². The van der Waals surface area contributed by atoms with Crippen molar-refractivity contribution in [3.8, 4) is 11.1 Å². The molecule has 1 saturated carbocycles. The van der Waals surface area contributed by atoms with Crippen molar-refractivity contribution in [1.82, 2.24) is 19.9 Å². The zero-order chi connectivity index (χ0) is 19.7. The number of aromatic nitrogens is 3. The van der Waals surface area contributed by atoms with Crippen molar-refractivity contribution in [3.63, 3.8) is 0 Å². The molecule has 0 atom stereocenters. The van der Waals surface area contributed by atoms with E-state index in [4.69, 9.17) is 10.1 Å². The third-order valence-corrected chi connectivity index (χ3v) is 5.89. The summed E-state index contributed by atoms with van der Waals surface area (Å²) in [5, 5.41) is 7.93. The fourth-order valence-electron chi connectivity index (χ4n) is 4.38. The maximum absolute atomic E-state index is 12.3. The normalized spacial score (nSPS) is 14.7. The van der Waals surface area contributed by atoms with Crippen LogP contribution in [0.5, 0.6) is 0 Å². The number of rotatable bonds is 5. The fraction of sp³-hybridized carbons (Fsp3) is 0.435. The lowest BCUT2D eigenvalue weighted by Crippen LogP contribution is -2.32. The number of fused-ring (bicyclic) bond motifs is 1. The molecule has 1 aromatic carbocycles. The molecule has 5 heteroatoms. The summed E-state index contributed by atoms with van der Waals surface area (Å²) in [6, 6.07) is 10.7. The molecule has 0 radical (unpaired) electrons. The Morgan fingerprint density at radius 2 is 1.82 bits per heavy atom. The first-order chi connectivity index (χ1) is 13.5. The number of carbonyl (C=O) groups excluding carboxylic acids is 1. The molecule has 146 valence electrons. The average Bonchev–Trinajstić information content (AvgIpc) is 3.29. The van der Waals surface area contributed by atoms with Gasteiger partial charge in [-0.15, -0.1) is 0 Å². The summed E-state index contributed by atoms with van der Waals surface area (Å²) >= 11 is 0. The van der Waals surface area contributed by atoms with Gasteiger partial charge in [0.1, 0.15) is 0 Å². The second kappa shape index (κ2) is 7.74. The average molecular weight is 377 g/mol. The first-order valence-corrected chi connectivity index (χ1v) is 10.2. The molecule has 1 aliphatic carbocycles. The Morgan fingerprint density at radius 1 is 1.11 bits per heavy atom. The van der Waals surface area contributed by atoms with Crippen LogP contribution in [0.2, 0.25) is 0 Å². The molecule has 1 N–H and O–H groups in total. The molecule has 0 unspecified atom stereocenters. The molecular formula is C23H28N4O. The van der Waals surface area contributed by atoms with E-state index in [0.717, 1.165) is 52.3 Å². The Morgan fingerprint density at radius 3 is 2.54 bits per heavy atom.